The number of rotatable bonds is 5. The average molecular weight is 387 g/mol. The van der Waals surface area contributed by atoms with Crippen LogP contribution in [0.4, 0.5) is 5.95 Å². The maximum Gasteiger partial charge on any atom is 0.249 e. The van der Waals surface area contributed by atoms with Crippen molar-refractivity contribution in [1.82, 2.24) is 19.9 Å². The summed E-state index contributed by atoms with van der Waals surface area (Å²) in [5.41, 5.74) is 1.74. The molecule has 0 saturated heterocycles. The molecular weight excluding hydrogens is 370 g/mol. The van der Waals surface area contributed by atoms with Gasteiger partial charge >= 0.3 is 0 Å². The lowest BCUT2D eigenvalue weighted by Crippen LogP contribution is -2.31. The zero-order valence-electron chi connectivity index (χ0n) is 14.6. The van der Waals surface area contributed by atoms with Crippen LogP contribution in [0.3, 0.4) is 0 Å². The Hall–Kier alpha value is -3.27. The van der Waals surface area contributed by atoms with Crippen LogP contribution in [0.25, 0.3) is 16.9 Å². The van der Waals surface area contributed by atoms with Crippen molar-refractivity contribution in [2.45, 2.75) is 11.8 Å². The summed E-state index contributed by atoms with van der Waals surface area (Å²) in [7, 11) is -3.35. The van der Waals surface area contributed by atoms with Gasteiger partial charge in [0, 0.05) is 18.7 Å². The molecule has 2 N–H and O–H groups in total. The predicted octanol–water partition coefficient (Wildman–Crippen LogP) is 0.874. The molecule has 3 rings (SSSR count). The molecule has 0 unspecified atom stereocenters. The first kappa shape index (κ1) is 18.5. The Kier molecular flexibility index (Phi) is 4.91. The molecule has 0 spiro atoms. The minimum Gasteiger partial charge on any atom is -0.347 e. The highest BCUT2D eigenvalue weighted by atomic mass is 32.2. The highest BCUT2D eigenvalue weighted by molar-refractivity contribution is 7.90. The van der Waals surface area contributed by atoms with Crippen LogP contribution in [-0.4, -0.2) is 47.6 Å². The van der Waals surface area contributed by atoms with E-state index in [1.807, 2.05) is 0 Å². The quantitative estimate of drug-likeness (QED) is 0.670. The summed E-state index contributed by atoms with van der Waals surface area (Å²) in [5, 5.41) is 9.15. The fourth-order valence-corrected chi connectivity index (χ4v) is 3.10. The number of pyridine rings is 1. The number of nitrogens with one attached hydrogen (secondary N) is 2. The number of aromatic nitrogens is 3. The minimum atomic E-state index is -3.35. The molecule has 10 heteroatoms. The normalized spacial score (nSPS) is 11.3. The van der Waals surface area contributed by atoms with E-state index in [1.165, 1.54) is 17.5 Å². The molecule has 0 aliphatic rings. The molecule has 2 aromatic heterocycles. The molecule has 1 aromatic carbocycles. The van der Waals surface area contributed by atoms with E-state index in [4.69, 9.17) is 0 Å². The maximum absolute atomic E-state index is 11.8. The third-order valence-corrected chi connectivity index (χ3v) is 4.78. The van der Waals surface area contributed by atoms with E-state index in [0.29, 0.717) is 16.9 Å². The second kappa shape index (κ2) is 7.16. The van der Waals surface area contributed by atoms with Crippen LogP contribution in [0, 0.1) is 0 Å². The molecule has 9 nitrogen and oxygen atoms in total. The Morgan fingerprint density at radius 1 is 1.15 bits per heavy atom. The topological polar surface area (TPSA) is 123 Å². The summed E-state index contributed by atoms with van der Waals surface area (Å²) < 4.78 is 25.1. The molecule has 2 amide bonds. The van der Waals surface area contributed by atoms with E-state index < -0.39 is 15.7 Å². The van der Waals surface area contributed by atoms with Gasteiger partial charge in [-0.3, -0.25) is 14.9 Å². The molecular formula is C17H17N5O4S. The van der Waals surface area contributed by atoms with Crippen molar-refractivity contribution in [1.29, 1.82) is 0 Å². The summed E-state index contributed by atoms with van der Waals surface area (Å²) in [5.74, 6) is -0.694. The van der Waals surface area contributed by atoms with Gasteiger partial charge in [-0.15, -0.1) is 5.10 Å². The second-order valence-corrected chi connectivity index (χ2v) is 7.89. The van der Waals surface area contributed by atoms with Gasteiger partial charge < -0.3 is 5.32 Å². The molecule has 0 fully saturated rings. The number of anilines is 1. The number of benzene rings is 1. The summed E-state index contributed by atoms with van der Waals surface area (Å²) in [6.45, 7) is 1.13. The highest BCUT2D eigenvalue weighted by Crippen LogP contribution is 2.23. The largest absolute Gasteiger partial charge is 0.347 e. The van der Waals surface area contributed by atoms with Crippen LogP contribution >= 0.6 is 0 Å². The number of carbonyl (C=O) groups excluding carboxylic acids is 2. The highest BCUT2D eigenvalue weighted by Gasteiger charge is 2.13. The van der Waals surface area contributed by atoms with Crippen LogP contribution in [0.1, 0.15) is 6.92 Å². The number of carbonyl (C=O) groups is 2. The lowest BCUT2D eigenvalue weighted by molar-refractivity contribution is -0.122. The van der Waals surface area contributed by atoms with E-state index in [2.05, 4.69) is 20.7 Å². The second-order valence-electron chi connectivity index (χ2n) is 5.87. The van der Waals surface area contributed by atoms with Crippen molar-refractivity contribution >= 4 is 33.2 Å². The van der Waals surface area contributed by atoms with Crippen molar-refractivity contribution < 1.29 is 18.0 Å². The Balaban J connectivity index is 1.95. The molecule has 0 atom stereocenters. The van der Waals surface area contributed by atoms with Gasteiger partial charge in [0.05, 0.1) is 17.1 Å². The number of fused-ring (bicyclic) bond motifs is 1. The Labute approximate surface area is 155 Å². The maximum atomic E-state index is 11.8. The van der Waals surface area contributed by atoms with Gasteiger partial charge in [0.15, 0.2) is 15.5 Å². The fraction of sp³-hybridized carbons (Fsp3) is 0.176. The zero-order valence-corrected chi connectivity index (χ0v) is 15.4. The van der Waals surface area contributed by atoms with Crippen LogP contribution < -0.4 is 10.6 Å². The van der Waals surface area contributed by atoms with Crippen LogP contribution in [0.15, 0.2) is 47.4 Å². The summed E-state index contributed by atoms with van der Waals surface area (Å²) >= 11 is 0. The average Bonchev–Trinajstić information content (AvgIpc) is 3.01. The monoisotopic (exact) mass is 387 g/mol. The molecule has 27 heavy (non-hydrogen) atoms. The molecule has 0 radical (unpaired) electrons. The predicted molar refractivity (Wildman–Crippen MR) is 98.8 cm³/mol. The van der Waals surface area contributed by atoms with Gasteiger partial charge in [-0.25, -0.2) is 12.9 Å². The van der Waals surface area contributed by atoms with Gasteiger partial charge in [0.25, 0.3) is 0 Å². The number of hydrogen-bond donors (Lipinski definition) is 2. The Morgan fingerprint density at radius 3 is 2.59 bits per heavy atom. The van der Waals surface area contributed by atoms with E-state index in [1.54, 1.807) is 36.4 Å². The smallest absolute Gasteiger partial charge is 0.249 e. The van der Waals surface area contributed by atoms with E-state index >= 15 is 0 Å². The third-order valence-electron chi connectivity index (χ3n) is 3.67. The first-order valence-electron chi connectivity index (χ1n) is 7.94. The van der Waals surface area contributed by atoms with Crippen molar-refractivity contribution in [3.05, 3.63) is 42.5 Å². The van der Waals surface area contributed by atoms with E-state index in [0.717, 1.165) is 6.26 Å². The summed E-state index contributed by atoms with van der Waals surface area (Å²) in [4.78, 5) is 27.1. The molecule has 3 aromatic rings. The molecule has 0 saturated carbocycles. The van der Waals surface area contributed by atoms with Crippen molar-refractivity contribution in [2.24, 2.45) is 0 Å². The standard InChI is InChI=1S/C17H17N5O4S/c1-11(23)18-10-16(24)20-17-19-15-8-4-7-14(22(15)21-17)12-5-3-6-13(9-12)27(2,25)26/h3-9H,10H2,1-2H3,(H,18,23)(H,20,21,24). The minimum absolute atomic E-state index is 0.0806. The zero-order chi connectivity index (χ0) is 19.6. The Morgan fingerprint density at radius 2 is 1.89 bits per heavy atom. The van der Waals surface area contributed by atoms with Gasteiger partial charge in [0.2, 0.25) is 17.8 Å². The van der Waals surface area contributed by atoms with E-state index in [-0.39, 0.29) is 23.3 Å². The molecule has 2 heterocycles. The van der Waals surface area contributed by atoms with Crippen LogP contribution in [-0.2, 0) is 19.4 Å². The molecule has 140 valence electrons. The van der Waals surface area contributed by atoms with Crippen LogP contribution in [0.5, 0.6) is 0 Å². The van der Waals surface area contributed by atoms with Gasteiger partial charge in [-0.1, -0.05) is 18.2 Å². The summed E-state index contributed by atoms with van der Waals surface area (Å²) in [6, 6.07) is 11.7. The first-order valence-corrected chi connectivity index (χ1v) is 9.84. The van der Waals surface area contributed by atoms with Gasteiger partial charge in [-0.05, 0) is 24.3 Å². The lowest BCUT2D eigenvalue weighted by atomic mass is 10.1. The summed E-state index contributed by atoms with van der Waals surface area (Å²) in [6.07, 6.45) is 1.14. The van der Waals surface area contributed by atoms with E-state index in [9.17, 15) is 18.0 Å². The van der Waals surface area contributed by atoms with Gasteiger partial charge in [0.1, 0.15) is 0 Å². The molecule has 0 bridgehead atoms. The number of amides is 2. The SMILES string of the molecule is CC(=O)NCC(=O)Nc1nc2cccc(-c3cccc(S(C)(=O)=O)c3)n2n1. The number of nitrogens with zero attached hydrogens (tertiary/aromatic N) is 3. The molecule has 0 aliphatic carbocycles. The number of sulfone groups is 1. The van der Waals surface area contributed by atoms with Crippen molar-refractivity contribution in [3.8, 4) is 11.3 Å². The first-order chi connectivity index (χ1) is 12.7. The third kappa shape index (κ3) is 4.29. The van der Waals surface area contributed by atoms with Crippen molar-refractivity contribution in [2.75, 3.05) is 18.1 Å². The van der Waals surface area contributed by atoms with Gasteiger partial charge in [-0.2, -0.15) is 4.98 Å². The molecule has 0 aliphatic heterocycles. The lowest BCUT2D eigenvalue weighted by Gasteiger charge is -2.06. The van der Waals surface area contributed by atoms with Crippen LogP contribution in [0.2, 0.25) is 0 Å². The Bertz CT molecular complexity index is 1140. The number of hydrogen-bond acceptors (Lipinski definition) is 6. The fourth-order valence-electron chi connectivity index (χ4n) is 2.44. The van der Waals surface area contributed by atoms with Crippen molar-refractivity contribution in [3.63, 3.8) is 0 Å².